The molecule has 0 saturated carbocycles. The fraction of sp³-hybridized carbons (Fsp3) is 0.565. The van der Waals surface area contributed by atoms with Crippen LogP contribution in [0.4, 0.5) is 5.69 Å². The molecule has 1 aromatic heterocycles. The van der Waals surface area contributed by atoms with E-state index in [0.29, 0.717) is 17.7 Å². The normalized spacial score (nSPS) is 19.6. The summed E-state index contributed by atoms with van der Waals surface area (Å²) in [6.45, 7) is 14.1. The zero-order chi connectivity index (χ0) is 21.2. The molecule has 0 saturated heterocycles. The van der Waals surface area contributed by atoms with Gasteiger partial charge >= 0.3 is 5.97 Å². The molecule has 0 aliphatic heterocycles. The summed E-state index contributed by atoms with van der Waals surface area (Å²) >= 11 is 1.14. The van der Waals surface area contributed by atoms with Crippen LogP contribution in [-0.4, -0.2) is 23.0 Å². The lowest BCUT2D eigenvalue weighted by atomic mass is 9.80. The summed E-state index contributed by atoms with van der Waals surface area (Å²) in [7, 11) is 0. The van der Waals surface area contributed by atoms with Crippen molar-refractivity contribution in [1.82, 2.24) is 0 Å². The van der Waals surface area contributed by atoms with Gasteiger partial charge in [0.25, 0.3) is 0 Å². The van der Waals surface area contributed by atoms with Gasteiger partial charge in [-0.2, -0.15) is 0 Å². The molecule has 0 aromatic carbocycles. The predicted octanol–water partition coefficient (Wildman–Crippen LogP) is 5.58. The molecule has 0 unspecified atom stereocenters. The second-order valence-corrected chi connectivity index (χ2v) is 9.89. The van der Waals surface area contributed by atoms with Crippen LogP contribution in [0.15, 0.2) is 17.0 Å². The Hall–Kier alpha value is -2.06. The molecule has 2 atom stereocenters. The van der Waals surface area contributed by atoms with Crippen LogP contribution in [0.1, 0.15) is 76.5 Å². The van der Waals surface area contributed by atoms with Gasteiger partial charge in [-0.1, -0.05) is 30.4 Å². The highest BCUT2D eigenvalue weighted by atomic mass is 32.1. The Bertz CT molecular complexity index is 845. The van der Waals surface area contributed by atoms with Gasteiger partial charge in [0.15, 0.2) is 0 Å². The average molecular weight is 402 g/mol. The molecule has 0 bridgehead atoms. The molecular weight excluding hydrogens is 370 g/mol. The van der Waals surface area contributed by atoms with Crippen molar-refractivity contribution in [1.29, 1.82) is 0 Å². The molecule has 1 heterocycles. The van der Waals surface area contributed by atoms with Crippen molar-refractivity contribution in [2.24, 2.45) is 17.3 Å². The summed E-state index contributed by atoms with van der Waals surface area (Å²) in [5, 5.41) is 11.5. The standard InChI is InChI=1S/C23H31NO3S/c1-14(2)24(21(25)18-9-8-15(3)12-16(18)4)19-17(10-11-23(5,6)7)13-28-20(19)22(26)27/h8,13-14,16,18H,9,12H2,1-7H3,(H,26,27)/t16-,18-/m0/s1. The van der Waals surface area contributed by atoms with Crippen LogP contribution in [0.25, 0.3) is 0 Å². The van der Waals surface area contributed by atoms with Gasteiger partial charge < -0.3 is 10.0 Å². The highest BCUT2D eigenvalue weighted by Gasteiger charge is 2.35. The van der Waals surface area contributed by atoms with Crippen LogP contribution >= 0.6 is 11.3 Å². The van der Waals surface area contributed by atoms with Crippen LogP contribution in [0.2, 0.25) is 0 Å². The van der Waals surface area contributed by atoms with Crippen molar-refractivity contribution in [3.05, 3.63) is 27.5 Å². The van der Waals surface area contributed by atoms with E-state index in [4.69, 9.17) is 0 Å². The van der Waals surface area contributed by atoms with E-state index >= 15 is 0 Å². The number of carboxylic acid groups (broad SMARTS) is 1. The van der Waals surface area contributed by atoms with Crippen LogP contribution in [0.5, 0.6) is 0 Å². The van der Waals surface area contributed by atoms with Crippen LogP contribution in [-0.2, 0) is 4.79 Å². The third-order valence-electron chi connectivity index (χ3n) is 4.89. The quantitative estimate of drug-likeness (QED) is 0.529. The van der Waals surface area contributed by atoms with Crippen LogP contribution in [0.3, 0.4) is 0 Å². The van der Waals surface area contributed by atoms with Crippen molar-refractivity contribution >= 4 is 28.9 Å². The second-order valence-electron chi connectivity index (χ2n) is 9.01. The van der Waals surface area contributed by atoms with Gasteiger partial charge in [-0.15, -0.1) is 11.3 Å². The lowest BCUT2D eigenvalue weighted by Gasteiger charge is -2.35. The van der Waals surface area contributed by atoms with Gasteiger partial charge in [0.05, 0.1) is 11.3 Å². The van der Waals surface area contributed by atoms with E-state index in [-0.39, 0.29) is 34.1 Å². The minimum Gasteiger partial charge on any atom is -0.477 e. The number of thiophene rings is 1. The smallest absolute Gasteiger partial charge is 0.348 e. The summed E-state index contributed by atoms with van der Waals surface area (Å²) in [6, 6.07) is -0.158. The van der Waals surface area contributed by atoms with Gasteiger partial charge in [0, 0.05) is 22.8 Å². The van der Waals surface area contributed by atoms with Crippen molar-refractivity contribution < 1.29 is 14.7 Å². The molecule has 5 heteroatoms. The summed E-state index contributed by atoms with van der Waals surface area (Å²) in [6.07, 6.45) is 3.73. The van der Waals surface area contributed by atoms with E-state index in [1.165, 1.54) is 5.57 Å². The summed E-state index contributed by atoms with van der Waals surface area (Å²) < 4.78 is 0. The fourth-order valence-corrected chi connectivity index (χ4v) is 4.35. The minimum absolute atomic E-state index is 0.00837. The maximum Gasteiger partial charge on any atom is 0.348 e. The van der Waals surface area contributed by atoms with E-state index in [1.54, 1.807) is 10.3 Å². The SMILES string of the molecule is CC1=CC[C@H](C(=O)N(c2c(C#CC(C)(C)C)csc2C(=O)O)C(C)C)[C@@H](C)C1. The zero-order valence-electron chi connectivity index (χ0n) is 17.9. The number of carbonyl (C=O) groups excluding carboxylic acids is 1. The molecule has 1 aliphatic rings. The maximum atomic E-state index is 13.5. The Morgan fingerprint density at radius 2 is 1.96 bits per heavy atom. The summed E-state index contributed by atoms with van der Waals surface area (Å²) in [4.78, 5) is 27.3. The first-order valence-corrected chi connectivity index (χ1v) is 10.7. The van der Waals surface area contributed by atoms with Gasteiger partial charge in [0.2, 0.25) is 5.91 Å². The minimum atomic E-state index is -1.02. The molecule has 1 aromatic rings. The first-order valence-electron chi connectivity index (χ1n) is 9.79. The number of anilines is 1. The van der Waals surface area contributed by atoms with Crippen LogP contribution < -0.4 is 4.90 Å². The van der Waals surface area contributed by atoms with E-state index in [2.05, 4.69) is 31.8 Å². The van der Waals surface area contributed by atoms with E-state index in [9.17, 15) is 14.7 Å². The monoisotopic (exact) mass is 401 g/mol. The number of hydrogen-bond acceptors (Lipinski definition) is 3. The highest BCUT2D eigenvalue weighted by Crippen LogP contribution is 2.37. The predicted molar refractivity (Wildman–Crippen MR) is 116 cm³/mol. The number of allylic oxidation sites excluding steroid dienone is 2. The lowest BCUT2D eigenvalue weighted by Crippen LogP contribution is -2.44. The topological polar surface area (TPSA) is 57.6 Å². The molecule has 2 rings (SSSR count). The third-order valence-corrected chi connectivity index (χ3v) is 5.85. The Morgan fingerprint density at radius 3 is 2.46 bits per heavy atom. The largest absolute Gasteiger partial charge is 0.477 e. The molecule has 4 nitrogen and oxygen atoms in total. The van der Waals surface area contributed by atoms with Crippen molar-refractivity contribution in [2.75, 3.05) is 4.90 Å². The van der Waals surface area contributed by atoms with E-state index in [1.807, 2.05) is 34.6 Å². The van der Waals surface area contributed by atoms with Gasteiger partial charge in [0.1, 0.15) is 4.88 Å². The second kappa shape index (κ2) is 8.53. The number of carbonyl (C=O) groups is 2. The van der Waals surface area contributed by atoms with Crippen molar-refractivity contribution in [2.45, 2.75) is 67.3 Å². The van der Waals surface area contributed by atoms with E-state index < -0.39 is 5.97 Å². The Kier molecular flexibility index (Phi) is 6.77. The number of aromatic carboxylic acids is 1. The zero-order valence-corrected chi connectivity index (χ0v) is 18.7. The molecule has 152 valence electrons. The summed E-state index contributed by atoms with van der Waals surface area (Å²) in [5.41, 5.74) is 2.17. The van der Waals surface area contributed by atoms with Crippen molar-refractivity contribution in [3.8, 4) is 11.8 Å². The molecule has 28 heavy (non-hydrogen) atoms. The third kappa shape index (κ3) is 5.05. The number of hydrogen-bond donors (Lipinski definition) is 1. The van der Waals surface area contributed by atoms with Gasteiger partial charge in [-0.05, 0) is 60.3 Å². The molecule has 0 spiro atoms. The molecule has 0 fully saturated rings. The van der Waals surface area contributed by atoms with Crippen molar-refractivity contribution in [3.63, 3.8) is 0 Å². The number of nitrogens with zero attached hydrogens (tertiary/aromatic N) is 1. The fourth-order valence-electron chi connectivity index (χ4n) is 3.53. The number of carboxylic acids is 1. The number of rotatable bonds is 4. The molecule has 1 N–H and O–H groups in total. The summed E-state index contributed by atoms with van der Waals surface area (Å²) in [5.74, 6) is 5.37. The molecular formula is C23H31NO3S. The first kappa shape index (κ1) is 22.2. The van der Waals surface area contributed by atoms with E-state index in [0.717, 1.165) is 17.8 Å². The Morgan fingerprint density at radius 1 is 1.32 bits per heavy atom. The average Bonchev–Trinajstić information content (AvgIpc) is 2.95. The Balaban J connectivity index is 2.56. The highest BCUT2D eigenvalue weighted by molar-refractivity contribution is 7.12. The van der Waals surface area contributed by atoms with Gasteiger partial charge in [-0.3, -0.25) is 4.79 Å². The Labute approximate surface area is 172 Å². The molecule has 1 aliphatic carbocycles. The molecule has 1 amide bonds. The first-order chi connectivity index (χ1) is 12.9. The molecule has 0 radical (unpaired) electrons. The van der Waals surface area contributed by atoms with Gasteiger partial charge in [-0.25, -0.2) is 4.79 Å². The lowest BCUT2D eigenvalue weighted by molar-refractivity contribution is -0.124. The van der Waals surface area contributed by atoms with Crippen LogP contribution in [0, 0.1) is 29.1 Å². The maximum absolute atomic E-state index is 13.5. The number of amides is 1.